The minimum Gasteiger partial charge on any atom is -0.385 e. The van der Waals surface area contributed by atoms with Crippen molar-refractivity contribution in [1.29, 1.82) is 0 Å². The molecule has 1 N–H and O–H groups in total. The Bertz CT molecular complexity index is 313. The van der Waals surface area contributed by atoms with Crippen molar-refractivity contribution in [3.05, 3.63) is 35.9 Å². The summed E-state index contributed by atoms with van der Waals surface area (Å²) >= 11 is 0. The molecular formula is C13H19N. The molecule has 0 aliphatic carbocycles. The highest BCUT2D eigenvalue weighted by molar-refractivity contribution is 5.75. The maximum absolute atomic E-state index is 3.38. The van der Waals surface area contributed by atoms with Gasteiger partial charge in [0.2, 0.25) is 0 Å². The quantitative estimate of drug-likeness (QED) is 0.756. The summed E-state index contributed by atoms with van der Waals surface area (Å²) in [6, 6.07) is 8.48. The van der Waals surface area contributed by atoms with E-state index in [0.717, 1.165) is 13.0 Å². The third-order valence-corrected chi connectivity index (χ3v) is 2.37. The van der Waals surface area contributed by atoms with Gasteiger partial charge in [-0.15, -0.1) is 0 Å². The number of hydrogen-bond donors (Lipinski definition) is 1. The fourth-order valence-corrected chi connectivity index (χ4v) is 1.66. The Kier molecular flexibility index (Phi) is 4.24. The van der Waals surface area contributed by atoms with Crippen LogP contribution in [0.2, 0.25) is 0 Å². The number of allylic oxidation sites excluding steroid dienone is 2. The fourth-order valence-electron chi connectivity index (χ4n) is 1.66. The zero-order valence-electron chi connectivity index (χ0n) is 9.30. The van der Waals surface area contributed by atoms with Crippen molar-refractivity contribution in [3.63, 3.8) is 0 Å². The molecule has 0 aliphatic heterocycles. The number of hydrogen-bond acceptors (Lipinski definition) is 1. The molecular weight excluding hydrogens is 170 g/mol. The summed E-state index contributed by atoms with van der Waals surface area (Å²) in [7, 11) is 0. The van der Waals surface area contributed by atoms with Crippen LogP contribution in [-0.2, 0) is 0 Å². The van der Waals surface area contributed by atoms with E-state index in [1.165, 1.54) is 16.8 Å². The first-order valence-electron chi connectivity index (χ1n) is 5.31. The minimum absolute atomic E-state index is 0.970. The molecule has 0 heterocycles. The van der Waals surface area contributed by atoms with Crippen LogP contribution in [0.5, 0.6) is 0 Å². The van der Waals surface area contributed by atoms with Crippen LogP contribution in [0.15, 0.2) is 30.3 Å². The van der Waals surface area contributed by atoms with Gasteiger partial charge in [-0.2, -0.15) is 0 Å². The van der Waals surface area contributed by atoms with Gasteiger partial charge >= 0.3 is 0 Å². The fraction of sp³-hybridized carbons (Fsp3) is 0.385. The Morgan fingerprint density at radius 3 is 2.57 bits per heavy atom. The predicted molar refractivity (Wildman–Crippen MR) is 64.5 cm³/mol. The molecule has 0 aromatic heterocycles. The van der Waals surface area contributed by atoms with E-state index in [9.17, 15) is 0 Å². The number of anilines is 1. The number of nitrogens with one attached hydrogen (secondary N) is 1. The topological polar surface area (TPSA) is 12.0 Å². The molecule has 0 spiro atoms. The second-order valence-electron chi connectivity index (χ2n) is 3.24. The summed E-state index contributed by atoms with van der Waals surface area (Å²) in [5.74, 6) is 0. The van der Waals surface area contributed by atoms with E-state index in [-0.39, 0.29) is 0 Å². The zero-order valence-corrected chi connectivity index (χ0v) is 9.30. The molecule has 1 rings (SSSR count). The van der Waals surface area contributed by atoms with Crippen LogP contribution in [0.25, 0.3) is 5.57 Å². The maximum Gasteiger partial charge on any atom is 0.0416 e. The minimum atomic E-state index is 0.970. The Morgan fingerprint density at radius 2 is 2.00 bits per heavy atom. The Labute approximate surface area is 86.8 Å². The molecule has 0 fully saturated rings. The van der Waals surface area contributed by atoms with E-state index in [4.69, 9.17) is 0 Å². The Hall–Kier alpha value is -1.24. The van der Waals surface area contributed by atoms with Crippen LogP contribution in [-0.4, -0.2) is 6.54 Å². The molecule has 1 aromatic rings. The average molecular weight is 189 g/mol. The summed E-state index contributed by atoms with van der Waals surface area (Å²) in [4.78, 5) is 0. The van der Waals surface area contributed by atoms with Gasteiger partial charge in [0.1, 0.15) is 0 Å². The van der Waals surface area contributed by atoms with E-state index in [1.807, 2.05) is 0 Å². The van der Waals surface area contributed by atoms with Gasteiger partial charge in [-0.3, -0.25) is 0 Å². The van der Waals surface area contributed by atoms with Crippen molar-refractivity contribution in [1.82, 2.24) is 0 Å². The molecule has 0 amide bonds. The standard InChI is InChI=1S/C13H19N/c1-4-11(5-2)12-9-7-8-10-13(12)14-6-3/h4,7-10,14H,5-6H2,1-3H3/b11-4-. The number of rotatable bonds is 4. The molecule has 0 unspecified atom stereocenters. The highest BCUT2D eigenvalue weighted by Crippen LogP contribution is 2.25. The molecule has 76 valence electrons. The van der Waals surface area contributed by atoms with E-state index < -0.39 is 0 Å². The first-order valence-corrected chi connectivity index (χ1v) is 5.31. The monoisotopic (exact) mass is 189 g/mol. The van der Waals surface area contributed by atoms with E-state index in [2.05, 4.69) is 56.4 Å². The SMILES string of the molecule is C/C=C(/CC)c1ccccc1NCC. The lowest BCUT2D eigenvalue weighted by molar-refractivity contribution is 1.19. The van der Waals surface area contributed by atoms with Crippen LogP contribution in [0.4, 0.5) is 5.69 Å². The van der Waals surface area contributed by atoms with Gasteiger partial charge in [0, 0.05) is 17.8 Å². The summed E-state index contributed by atoms with van der Waals surface area (Å²) in [5, 5.41) is 3.38. The molecule has 0 saturated carbocycles. The summed E-state index contributed by atoms with van der Waals surface area (Å²) in [6.45, 7) is 7.38. The molecule has 1 heteroatoms. The summed E-state index contributed by atoms with van der Waals surface area (Å²) in [6.07, 6.45) is 3.27. The average Bonchev–Trinajstić information content (AvgIpc) is 2.23. The second-order valence-corrected chi connectivity index (χ2v) is 3.24. The van der Waals surface area contributed by atoms with Crippen LogP contribution < -0.4 is 5.32 Å². The van der Waals surface area contributed by atoms with Gasteiger partial charge in [0.05, 0.1) is 0 Å². The molecule has 1 aromatic carbocycles. The van der Waals surface area contributed by atoms with Crippen LogP contribution >= 0.6 is 0 Å². The van der Waals surface area contributed by atoms with Gasteiger partial charge in [-0.1, -0.05) is 31.2 Å². The van der Waals surface area contributed by atoms with Crippen molar-refractivity contribution in [2.75, 3.05) is 11.9 Å². The van der Waals surface area contributed by atoms with Gasteiger partial charge in [0.25, 0.3) is 0 Å². The number of benzene rings is 1. The summed E-state index contributed by atoms with van der Waals surface area (Å²) in [5.41, 5.74) is 3.98. The van der Waals surface area contributed by atoms with Crippen molar-refractivity contribution in [3.8, 4) is 0 Å². The third kappa shape index (κ3) is 2.38. The lowest BCUT2D eigenvalue weighted by atomic mass is 10.0. The summed E-state index contributed by atoms with van der Waals surface area (Å²) < 4.78 is 0. The molecule has 0 bridgehead atoms. The first-order chi connectivity index (χ1) is 6.83. The van der Waals surface area contributed by atoms with Crippen LogP contribution in [0.1, 0.15) is 32.8 Å². The van der Waals surface area contributed by atoms with Crippen molar-refractivity contribution in [2.45, 2.75) is 27.2 Å². The zero-order chi connectivity index (χ0) is 10.4. The Morgan fingerprint density at radius 1 is 1.29 bits per heavy atom. The van der Waals surface area contributed by atoms with Gasteiger partial charge in [-0.25, -0.2) is 0 Å². The van der Waals surface area contributed by atoms with Crippen LogP contribution in [0, 0.1) is 0 Å². The Balaban J connectivity index is 3.05. The lowest BCUT2D eigenvalue weighted by Gasteiger charge is -2.12. The van der Waals surface area contributed by atoms with Crippen LogP contribution in [0.3, 0.4) is 0 Å². The molecule has 0 atom stereocenters. The smallest absolute Gasteiger partial charge is 0.0416 e. The third-order valence-electron chi connectivity index (χ3n) is 2.37. The van der Waals surface area contributed by atoms with Gasteiger partial charge in [0.15, 0.2) is 0 Å². The van der Waals surface area contributed by atoms with Crippen molar-refractivity contribution < 1.29 is 0 Å². The molecule has 0 radical (unpaired) electrons. The highest BCUT2D eigenvalue weighted by Gasteiger charge is 2.03. The van der Waals surface area contributed by atoms with Gasteiger partial charge in [-0.05, 0) is 31.9 Å². The highest BCUT2D eigenvalue weighted by atomic mass is 14.9. The van der Waals surface area contributed by atoms with Gasteiger partial charge < -0.3 is 5.32 Å². The molecule has 14 heavy (non-hydrogen) atoms. The maximum atomic E-state index is 3.38. The first kappa shape index (κ1) is 10.8. The lowest BCUT2D eigenvalue weighted by Crippen LogP contribution is -1.99. The van der Waals surface area contributed by atoms with E-state index >= 15 is 0 Å². The van der Waals surface area contributed by atoms with E-state index in [1.54, 1.807) is 0 Å². The molecule has 0 aliphatic rings. The number of para-hydroxylation sites is 1. The van der Waals surface area contributed by atoms with E-state index in [0.29, 0.717) is 0 Å². The molecule has 0 saturated heterocycles. The largest absolute Gasteiger partial charge is 0.385 e. The second kappa shape index (κ2) is 5.48. The molecule has 1 nitrogen and oxygen atoms in total. The predicted octanol–water partition coefficient (Wildman–Crippen LogP) is 3.93. The van der Waals surface area contributed by atoms with Crippen molar-refractivity contribution in [2.24, 2.45) is 0 Å². The van der Waals surface area contributed by atoms with Crippen molar-refractivity contribution >= 4 is 11.3 Å². The normalized spacial score (nSPS) is 11.5.